The zero-order valence-electron chi connectivity index (χ0n) is 10.9. The molecule has 0 N–H and O–H groups in total. The van der Waals surface area contributed by atoms with Crippen molar-refractivity contribution in [2.75, 3.05) is 6.54 Å². The number of carbonyl (C=O) groups excluding carboxylic acids is 1. The van der Waals surface area contributed by atoms with Gasteiger partial charge in [0.15, 0.2) is 0 Å². The largest absolute Gasteiger partial charge is 0.365 e. The number of rotatable bonds is 2. The Kier molecular flexibility index (Phi) is 14.0. The van der Waals surface area contributed by atoms with E-state index in [1.165, 1.54) is 19.3 Å². The van der Waals surface area contributed by atoms with E-state index in [2.05, 4.69) is 27.7 Å². The predicted octanol–water partition coefficient (Wildman–Crippen LogP) is 3.23. The molecule has 0 aromatic rings. The van der Waals surface area contributed by atoms with Crippen LogP contribution < -0.4 is 0 Å². The summed E-state index contributed by atoms with van der Waals surface area (Å²) in [6.45, 7) is 12.2. The summed E-state index contributed by atoms with van der Waals surface area (Å²) in [5.74, 6) is -0.0211. The van der Waals surface area contributed by atoms with Gasteiger partial charge in [-0.3, -0.25) is 0 Å². The maximum atomic E-state index is 10.8. The fraction of sp³-hybridized carbons (Fsp3) is 0.769. The topological polar surface area (TPSA) is 20.3 Å². The molecule has 3 heteroatoms. The Morgan fingerprint density at radius 1 is 1.44 bits per heavy atom. The molecule has 0 bridgehead atoms. The van der Waals surface area contributed by atoms with Crippen LogP contribution >= 0.6 is 0 Å². The molecule has 0 aromatic heterocycles. The van der Waals surface area contributed by atoms with Gasteiger partial charge in [-0.15, -0.1) is 0 Å². The van der Waals surface area contributed by atoms with Crippen molar-refractivity contribution in [3.63, 3.8) is 0 Å². The third-order valence-electron chi connectivity index (χ3n) is 2.73. The maximum Gasteiger partial charge on any atom is 0.0825 e. The first kappa shape index (κ1) is 18.8. The molecule has 1 atom stereocenters. The number of hydrogen-bond donors (Lipinski definition) is 0. The molecule has 1 heterocycles. The summed E-state index contributed by atoms with van der Waals surface area (Å²) in [7, 11) is 0. The summed E-state index contributed by atoms with van der Waals surface area (Å²) in [6, 6.07) is 0.416. The predicted molar refractivity (Wildman–Crippen MR) is 65.3 cm³/mol. The summed E-state index contributed by atoms with van der Waals surface area (Å²) in [5, 5.41) is 0. The van der Waals surface area contributed by atoms with Gasteiger partial charge in [0.2, 0.25) is 0 Å². The Morgan fingerprint density at radius 2 is 2.06 bits per heavy atom. The van der Waals surface area contributed by atoms with Crippen LogP contribution in [-0.4, -0.2) is 23.4 Å². The monoisotopic (exact) mass is 300 g/mol. The van der Waals surface area contributed by atoms with Gasteiger partial charge in [0, 0.05) is 45.3 Å². The van der Waals surface area contributed by atoms with Crippen molar-refractivity contribution in [1.29, 1.82) is 0 Å². The van der Waals surface area contributed by atoms with Crippen molar-refractivity contribution in [2.24, 2.45) is 0 Å². The Bertz CT molecular complexity index is 171. The van der Waals surface area contributed by atoms with E-state index in [1.807, 2.05) is 4.90 Å². The molecule has 1 rings (SSSR count). The second-order valence-corrected chi connectivity index (χ2v) is 4.14. The fourth-order valence-corrected chi connectivity index (χ4v) is 1.72. The Morgan fingerprint density at radius 3 is 2.31 bits per heavy atom. The van der Waals surface area contributed by atoms with Crippen LogP contribution in [0.15, 0.2) is 0 Å². The van der Waals surface area contributed by atoms with Gasteiger partial charge in [-0.05, 0) is 26.2 Å². The molecule has 93 valence electrons. The molecule has 1 unspecified atom stereocenters. The number of carbonyl (C=O) groups is 1. The van der Waals surface area contributed by atoms with E-state index in [1.54, 1.807) is 0 Å². The molecular weight excluding hydrogens is 275 g/mol. The van der Waals surface area contributed by atoms with E-state index >= 15 is 0 Å². The molecule has 2 nitrogen and oxygen atoms in total. The van der Waals surface area contributed by atoms with E-state index in [0.717, 1.165) is 25.8 Å². The van der Waals surface area contributed by atoms with Crippen LogP contribution in [0.4, 0.5) is 0 Å². The first-order chi connectivity index (χ1) is 7.13. The number of hydrogen-bond acceptors (Lipinski definition) is 1. The number of unbranched alkanes of at least 4 members (excludes halogenated alkanes) is 2. The Hall–Kier alpha value is 0.444. The van der Waals surface area contributed by atoms with Gasteiger partial charge in [0.25, 0.3) is 0 Å². The smallest absolute Gasteiger partial charge is 0.0825 e. The Labute approximate surface area is 126 Å². The number of likely N-dealkylation sites (tertiary alicyclic amines) is 1. The third-order valence-corrected chi connectivity index (χ3v) is 2.73. The van der Waals surface area contributed by atoms with Crippen molar-refractivity contribution in [3.05, 3.63) is 13.8 Å². The van der Waals surface area contributed by atoms with Crippen LogP contribution in [-0.2, 0) is 37.5 Å². The van der Waals surface area contributed by atoms with Crippen LogP contribution in [0.25, 0.3) is 0 Å². The second-order valence-electron chi connectivity index (χ2n) is 4.14. The zero-order valence-corrected chi connectivity index (χ0v) is 13.7. The second kappa shape index (κ2) is 11.9. The minimum absolute atomic E-state index is 0. The van der Waals surface area contributed by atoms with E-state index in [0.29, 0.717) is 6.04 Å². The number of amides is 1. The van der Waals surface area contributed by atoms with Crippen LogP contribution in [0.2, 0.25) is 0 Å². The minimum atomic E-state index is -0.0211. The molecule has 0 aromatic carbocycles. The fourth-order valence-electron chi connectivity index (χ4n) is 1.72. The van der Waals surface area contributed by atoms with Gasteiger partial charge < -0.3 is 23.5 Å². The van der Waals surface area contributed by atoms with Crippen molar-refractivity contribution in [3.8, 4) is 0 Å². The van der Waals surface area contributed by atoms with E-state index in [-0.39, 0.29) is 38.6 Å². The first-order valence-corrected chi connectivity index (χ1v) is 6.05. The van der Waals surface area contributed by atoms with Crippen molar-refractivity contribution in [2.45, 2.75) is 58.4 Å². The first-order valence-electron chi connectivity index (χ1n) is 6.05. The summed E-state index contributed by atoms with van der Waals surface area (Å²) in [5.41, 5.74) is 0. The molecule has 1 radical (unpaired) electrons. The minimum Gasteiger partial charge on any atom is -0.365 e. The third kappa shape index (κ3) is 8.58. The summed E-state index contributed by atoms with van der Waals surface area (Å²) < 4.78 is 0. The van der Waals surface area contributed by atoms with Crippen LogP contribution in [0.5, 0.6) is 0 Å². The van der Waals surface area contributed by atoms with Crippen LogP contribution in [0.1, 0.15) is 52.4 Å². The van der Waals surface area contributed by atoms with Gasteiger partial charge in [-0.2, -0.15) is 6.42 Å². The van der Waals surface area contributed by atoms with Gasteiger partial charge in [-0.1, -0.05) is 19.8 Å². The van der Waals surface area contributed by atoms with Gasteiger partial charge in [-0.25, -0.2) is 0 Å². The molecule has 0 aliphatic carbocycles. The molecular formula is C13H25NOY-2. The quantitative estimate of drug-likeness (QED) is 0.717. The van der Waals surface area contributed by atoms with Gasteiger partial charge >= 0.3 is 0 Å². The average molecular weight is 300 g/mol. The SMILES string of the molecule is [CH2-]C(=O)N1CCCCC1C.[CH2-]CCCC.[Y]. The summed E-state index contributed by atoms with van der Waals surface area (Å²) in [4.78, 5) is 12.7. The molecule has 1 amide bonds. The van der Waals surface area contributed by atoms with Gasteiger partial charge in [0.1, 0.15) is 0 Å². The van der Waals surface area contributed by atoms with E-state index in [4.69, 9.17) is 0 Å². The Balaban J connectivity index is 0. The maximum absolute atomic E-state index is 10.8. The molecule has 0 saturated carbocycles. The number of piperidine rings is 1. The average Bonchev–Trinajstić information content (AvgIpc) is 2.20. The molecule has 0 spiro atoms. The summed E-state index contributed by atoms with van der Waals surface area (Å²) in [6.07, 6.45) is 7.19. The molecule has 16 heavy (non-hydrogen) atoms. The van der Waals surface area contributed by atoms with Crippen molar-refractivity contribution >= 4 is 5.91 Å². The molecule has 1 aliphatic heterocycles. The standard InChI is InChI=1S/C8H14NO.C5H11.Y/c1-7-5-3-4-6-9(7)8(2)10;1-3-5-4-2;/h7H,2-6H2,1H3;1,3-5H2,2H3;/q2*-1;. The molecule has 1 saturated heterocycles. The van der Waals surface area contributed by atoms with Crippen molar-refractivity contribution in [1.82, 2.24) is 4.90 Å². The zero-order chi connectivity index (χ0) is 11.7. The van der Waals surface area contributed by atoms with Crippen LogP contribution in [0.3, 0.4) is 0 Å². The summed E-state index contributed by atoms with van der Waals surface area (Å²) >= 11 is 0. The van der Waals surface area contributed by atoms with E-state index in [9.17, 15) is 4.79 Å². The number of nitrogens with zero attached hydrogens (tertiary/aromatic N) is 1. The normalized spacial score (nSPS) is 19.2. The van der Waals surface area contributed by atoms with E-state index < -0.39 is 0 Å². The van der Waals surface area contributed by atoms with Crippen molar-refractivity contribution < 1.29 is 37.5 Å². The molecule has 1 fully saturated rings. The van der Waals surface area contributed by atoms with Crippen LogP contribution in [0, 0.1) is 13.8 Å². The molecule has 1 aliphatic rings. The van der Waals surface area contributed by atoms with Gasteiger partial charge in [0.05, 0.1) is 5.91 Å².